The Labute approximate surface area is 76.7 Å². The third-order valence-corrected chi connectivity index (χ3v) is 1.12. The first-order valence-electron chi connectivity index (χ1n) is 3.95. The van der Waals surface area contributed by atoms with Crippen molar-refractivity contribution in [1.82, 2.24) is 9.66 Å². The third kappa shape index (κ3) is 3.59. The van der Waals surface area contributed by atoms with Crippen molar-refractivity contribution in [3.8, 4) is 0 Å². The van der Waals surface area contributed by atoms with Crippen molar-refractivity contribution in [2.45, 2.75) is 26.4 Å². The number of rotatable bonds is 1. The molecule has 0 radical (unpaired) electrons. The molecule has 0 bridgehead atoms. The summed E-state index contributed by atoms with van der Waals surface area (Å²) in [7, 11) is 0. The zero-order valence-electron chi connectivity index (χ0n) is 7.94. The third-order valence-electron chi connectivity index (χ3n) is 1.12. The van der Waals surface area contributed by atoms with Crippen molar-refractivity contribution in [3.63, 3.8) is 0 Å². The first-order chi connectivity index (χ1) is 5.97. The molecular weight excluding hydrogens is 170 g/mol. The van der Waals surface area contributed by atoms with Gasteiger partial charge in [0.2, 0.25) is 0 Å². The molecule has 1 aromatic heterocycles. The Hall–Kier alpha value is -1.52. The topological polar surface area (TPSA) is 56.1 Å². The molecule has 1 aromatic rings. The van der Waals surface area contributed by atoms with Crippen LogP contribution in [0.1, 0.15) is 20.8 Å². The summed E-state index contributed by atoms with van der Waals surface area (Å²) in [6.07, 6.45) is 4.16. The van der Waals surface area contributed by atoms with Gasteiger partial charge in [-0.3, -0.25) is 0 Å². The molecule has 0 aliphatic heterocycles. The Balaban J connectivity index is 2.43. The van der Waals surface area contributed by atoms with E-state index in [9.17, 15) is 4.79 Å². The van der Waals surface area contributed by atoms with Crippen LogP contribution in [0.2, 0.25) is 0 Å². The monoisotopic (exact) mass is 183 g/mol. The van der Waals surface area contributed by atoms with Crippen LogP contribution in [0.3, 0.4) is 0 Å². The molecule has 1 N–H and O–H groups in total. The Kier molecular flexibility index (Phi) is 2.55. The molecule has 5 heteroatoms. The van der Waals surface area contributed by atoms with Crippen LogP contribution in [0.5, 0.6) is 0 Å². The number of nitrogens with zero attached hydrogens (tertiary/aromatic N) is 2. The molecule has 0 fully saturated rings. The van der Waals surface area contributed by atoms with Gasteiger partial charge in [0.05, 0.1) is 0 Å². The summed E-state index contributed by atoms with van der Waals surface area (Å²) in [6, 6.07) is 0. The molecule has 0 aliphatic rings. The summed E-state index contributed by atoms with van der Waals surface area (Å²) in [5.74, 6) is 0. The quantitative estimate of drug-likeness (QED) is 0.715. The van der Waals surface area contributed by atoms with Gasteiger partial charge in [0.15, 0.2) is 0 Å². The standard InChI is InChI=1S/C8H13N3O2/c1-8(2,3)13-7(12)10-11-5-4-9-6-11/h4-6H,1-3H3,(H,10,12). The van der Waals surface area contributed by atoms with Gasteiger partial charge >= 0.3 is 6.09 Å². The lowest BCUT2D eigenvalue weighted by Crippen LogP contribution is -2.30. The van der Waals surface area contributed by atoms with Gasteiger partial charge in [-0.15, -0.1) is 0 Å². The SMILES string of the molecule is CC(C)(C)OC(=O)Nn1ccnc1. The molecule has 0 atom stereocenters. The minimum atomic E-state index is -0.495. The highest BCUT2D eigenvalue weighted by molar-refractivity contribution is 5.76. The highest BCUT2D eigenvalue weighted by Gasteiger charge is 2.15. The fraction of sp³-hybridized carbons (Fsp3) is 0.500. The van der Waals surface area contributed by atoms with E-state index in [4.69, 9.17) is 4.74 Å². The molecule has 0 aromatic carbocycles. The Morgan fingerprint density at radius 3 is 2.69 bits per heavy atom. The second kappa shape index (κ2) is 3.47. The maximum absolute atomic E-state index is 11.1. The van der Waals surface area contributed by atoms with Crippen LogP contribution < -0.4 is 5.43 Å². The number of ether oxygens (including phenoxy) is 1. The lowest BCUT2D eigenvalue weighted by molar-refractivity contribution is 0.0613. The summed E-state index contributed by atoms with van der Waals surface area (Å²) in [4.78, 5) is 14.9. The van der Waals surface area contributed by atoms with E-state index in [1.165, 1.54) is 11.0 Å². The van der Waals surface area contributed by atoms with Gasteiger partial charge in [-0.1, -0.05) is 0 Å². The molecular formula is C8H13N3O2. The molecule has 1 amide bonds. The molecule has 0 spiro atoms. The first-order valence-corrected chi connectivity index (χ1v) is 3.95. The van der Waals surface area contributed by atoms with E-state index in [-0.39, 0.29) is 0 Å². The zero-order valence-corrected chi connectivity index (χ0v) is 7.94. The molecule has 1 rings (SSSR count). The second-order valence-corrected chi connectivity index (χ2v) is 3.58. The van der Waals surface area contributed by atoms with Crippen LogP contribution >= 0.6 is 0 Å². The number of imidazole rings is 1. The van der Waals surface area contributed by atoms with Crippen LogP contribution in [0, 0.1) is 0 Å². The maximum atomic E-state index is 11.1. The van der Waals surface area contributed by atoms with Gasteiger partial charge in [-0.05, 0) is 20.8 Å². The number of carbonyl (C=O) groups excluding carboxylic acids is 1. The number of amides is 1. The molecule has 5 nitrogen and oxygen atoms in total. The summed E-state index contributed by atoms with van der Waals surface area (Å²) in [5, 5.41) is 0. The molecule has 0 aliphatic carbocycles. The predicted octanol–water partition coefficient (Wildman–Crippen LogP) is 1.36. The number of nitrogens with one attached hydrogen (secondary N) is 1. The normalized spacial score (nSPS) is 11.0. The Morgan fingerprint density at radius 2 is 2.23 bits per heavy atom. The summed E-state index contributed by atoms with van der Waals surface area (Å²) < 4.78 is 6.44. The number of hydrogen-bond acceptors (Lipinski definition) is 3. The van der Waals surface area contributed by atoms with E-state index < -0.39 is 11.7 Å². The van der Waals surface area contributed by atoms with Gasteiger partial charge in [0.25, 0.3) is 0 Å². The number of carbonyl (C=O) groups is 1. The van der Waals surface area contributed by atoms with Gasteiger partial charge in [0, 0.05) is 12.4 Å². The van der Waals surface area contributed by atoms with E-state index in [0.29, 0.717) is 0 Å². The maximum Gasteiger partial charge on any atom is 0.426 e. The summed E-state index contributed by atoms with van der Waals surface area (Å²) in [6.45, 7) is 5.42. The average Bonchev–Trinajstić information content (AvgIpc) is 2.34. The van der Waals surface area contributed by atoms with Crippen molar-refractivity contribution in [2.75, 3.05) is 5.43 Å². The largest absolute Gasteiger partial charge is 0.443 e. The van der Waals surface area contributed by atoms with E-state index in [2.05, 4.69) is 10.4 Å². The molecule has 72 valence electrons. The fourth-order valence-electron chi connectivity index (χ4n) is 0.732. The van der Waals surface area contributed by atoms with E-state index in [1.54, 1.807) is 33.2 Å². The van der Waals surface area contributed by atoms with E-state index >= 15 is 0 Å². The van der Waals surface area contributed by atoms with Crippen molar-refractivity contribution in [3.05, 3.63) is 18.7 Å². The fourth-order valence-corrected chi connectivity index (χ4v) is 0.732. The van der Waals surface area contributed by atoms with Crippen molar-refractivity contribution >= 4 is 6.09 Å². The lowest BCUT2D eigenvalue weighted by atomic mass is 10.2. The van der Waals surface area contributed by atoms with E-state index in [1.807, 2.05) is 0 Å². The van der Waals surface area contributed by atoms with E-state index in [0.717, 1.165) is 0 Å². The predicted molar refractivity (Wildman–Crippen MR) is 47.8 cm³/mol. The smallest absolute Gasteiger partial charge is 0.426 e. The molecule has 0 unspecified atom stereocenters. The minimum absolute atomic E-state index is 0.481. The minimum Gasteiger partial charge on any atom is -0.443 e. The molecule has 13 heavy (non-hydrogen) atoms. The second-order valence-electron chi connectivity index (χ2n) is 3.58. The van der Waals surface area contributed by atoms with Gasteiger partial charge in [-0.2, -0.15) is 0 Å². The van der Waals surface area contributed by atoms with Crippen molar-refractivity contribution < 1.29 is 9.53 Å². The molecule has 0 saturated carbocycles. The highest BCUT2D eigenvalue weighted by Crippen LogP contribution is 2.06. The van der Waals surface area contributed by atoms with Crippen LogP contribution in [-0.2, 0) is 4.74 Å². The first kappa shape index (κ1) is 9.57. The summed E-state index contributed by atoms with van der Waals surface area (Å²) >= 11 is 0. The van der Waals surface area contributed by atoms with Gasteiger partial charge < -0.3 is 4.74 Å². The van der Waals surface area contributed by atoms with Gasteiger partial charge in [0.1, 0.15) is 11.9 Å². The molecule has 1 heterocycles. The highest BCUT2D eigenvalue weighted by atomic mass is 16.6. The lowest BCUT2D eigenvalue weighted by Gasteiger charge is -2.19. The van der Waals surface area contributed by atoms with Crippen LogP contribution in [0.4, 0.5) is 4.79 Å². The van der Waals surface area contributed by atoms with Crippen molar-refractivity contribution in [1.29, 1.82) is 0 Å². The Bertz CT molecular complexity index is 274. The van der Waals surface area contributed by atoms with Crippen LogP contribution in [0.25, 0.3) is 0 Å². The van der Waals surface area contributed by atoms with Crippen molar-refractivity contribution in [2.24, 2.45) is 0 Å². The average molecular weight is 183 g/mol. The van der Waals surface area contributed by atoms with Crippen LogP contribution in [0.15, 0.2) is 18.7 Å². The van der Waals surface area contributed by atoms with Crippen LogP contribution in [-0.4, -0.2) is 21.4 Å². The number of aromatic nitrogens is 2. The van der Waals surface area contributed by atoms with Gasteiger partial charge in [-0.25, -0.2) is 19.9 Å². The zero-order chi connectivity index (χ0) is 9.90. The summed E-state index contributed by atoms with van der Waals surface area (Å²) in [5.41, 5.74) is 1.99. The molecule has 0 saturated heterocycles. The number of hydrogen-bond donors (Lipinski definition) is 1. The Morgan fingerprint density at radius 1 is 1.54 bits per heavy atom.